The van der Waals surface area contributed by atoms with Gasteiger partial charge < -0.3 is 9.30 Å². The van der Waals surface area contributed by atoms with E-state index in [0.29, 0.717) is 10.9 Å². The standard InChI is InChI=1S/C25H20N2O4/c1-31-24(28)15-12-20-17-26(23-14-13-21(27(29)30)16-22(20)23)25(18-8-4-2-5-9-18)19-10-6-3-7-11-19/h2-17,25H,1H3/b15-12-. The van der Waals surface area contributed by atoms with Crippen molar-refractivity contribution >= 4 is 28.6 Å². The molecule has 0 N–H and O–H groups in total. The number of non-ortho nitro benzene ring substituents is 1. The van der Waals surface area contributed by atoms with Gasteiger partial charge in [0.05, 0.1) is 18.1 Å². The van der Waals surface area contributed by atoms with Crippen molar-refractivity contribution in [2.45, 2.75) is 6.04 Å². The number of hydrogen-bond donors (Lipinski definition) is 0. The van der Waals surface area contributed by atoms with Gasteiger partial charge in [-0.15, -0.1) is 0 Å². The van der Waals surface area contributed by atoms with E-state index in [1.54, 1.807) is 12.1 Å². The predicted molar refractivity (Wildman–Crippen MR) is 120 cm³/mol. The zero-order valence-corrected chi connectivity index (χ0v) is 16.8. The molecular formula is C25H20N2O4. The van der Waals surface area contributed by atoms with Crippen molar-refractivity contribution in [2.24, 2.45) is 0 Å². The minimum Gasteiger partial charge on any atom is -0.466 e. The third-order valence-electron chi connectivity index (χ3n) is 5.17. The number of esters is 1. The van der Waals surface area contributed by atoms with Gasteiger partial charge in [-0.05, 0) is 23.3 Å². The minimum atomic E-state index is -0.492. The molecule has 1 aromatic heterocycles. The molecule has 0 saturated carbocycles. The zero-order chi connectivity index (χ0) is 21.8. The maximum atomic E-state index is 11.7. The van der Waals surface area contributed by atoms with E-state index >= 15 is 0 Å². The molecule has 1 heterocycles. The molecule has 0 fully saturated rings. The van der Waals surface area contributed by atoms with Gasteiger partial charge in [0, 0.05) is 40.9 Å². The van der Waals surface area contributed by atoms with E-state index in [1.807, 2.05) is 42.6 Å². The van der Waals surface area contributed by atoms with Gasteiger partial charge in [-0.2, -0.15) is 0 Å². The number of aromatic nitrogens is 1. The lowest BCUT2D eigenvalue weighted by molar-refractivity contribution is -0.384. The second-order valence-electron chi connectivity index (χ2n) is 7.03. The van der Waals surface area contributed by atoms with Crippen LogP contribution in [0.4, 0.5) is 5.69 Å². The number of rotatable bonds is 6. The largest absolute Gasteiger partial charge is 0.466 e. The number of nitro benzene ring substituents is 1. The number of hydrogen-bond acceptors (Lipinski definition) is 4. The van der Waals surface area contributed by atoms with Crippen LogP contribution in [0.1, 0.15) is 22.7 Å². The Kier molecular flexibility index (Phi) is 5.62. The lowest BCUT2D eigenvalue weighted by Gasteiger charge is -2.21. The Morgan fingerprint density at radius 2 is 1.61 bits per heavy atom. The lowest BCUT2D eigenvalue weighted by atomic mass is 9.98. The average Bonchev–Trinajstić information content (AvgIpc) is 3.16. The van der Waals surface area contributed by atoms with Crippen LogP contribution in [0.5, 0.6) is 0 Å². The second-order valence-corrected chi connectivity index (χ2v) is 7.03. The first kappa shape index (κ1) is 20.1. The first-order chi connectivity index (χ1) is 15.1. The number of ether oxygens (including phenoxy) is 1. The molecule has 0 spiro atoms. The first-order valence-electron chi connectivity index (χ1n) is 9.73. The Morgan fingerprint density at radius 1 is 1.00 bits per heavy atom. The molecule has 4 rings (SSSR count). The molecule has 0 aliphatic carbocycles. The summed E-state index contributed by atoms with van der Waals surface area (Å²) < 4.78 is 6.78. The maximum Gasteiger partial charge on any atom is 0.330 e. The fourth-order valence-corrected chi connectivity index (χ4v) is 3.74. The third kappa shape index (κ3) is 4.09. The summed E-state index contributed by atoms with van der Waals surface area (Å²) in [6.07, 6.45) is 4.86. The summed E-state index contributed by atoms with van der Waals surface area (Å²) in [6.45, 7) is 0. The normalized spacial score (nSPS) is 11.3. The number of carbonyl (C=O) groups is 1. The van der Waals surface area contributed by atoms with E-state index in [-0.39, 0.29) is 11.7 Å². The van der Waals surface area contributed by atoms with Crippen molar-refractivity contribution in [2.75, 3.05) is 7.11 Å². The molecule has 4 aromatic rings. The minimum absolute atomic E-state index is 0.00561. The van der Waals surface area contributed by atoms with E-state index in [1.165, 1.54) is 25.3 Å². The van der Waals surface area contributed by atoms with Gasteiger partial charge in [0.1, 0.15) is 0 Å². The van der Waals surface area contributed by atoms with Gasteiger partial charge in [-0.1, -0.05) is 60.7 Å². The summed E-state index contributed by atoms with van der Waals surface area (Å²) in [5, 5.41) is 12.0. The molecule has 0 unspecified atom stereocenters. The fraction of sp³-hybridized carbons (Fsp3) is 0.0800. The molecule has 0 saturated heterocycles. The summed E-state index contributed by atoms with van der Waals surface area (Å²) in [7, 11) is 1.31. The summed E-state index contributed by atoms with van der Waals surface area (Å²) in [5.41, 5.74) is 3.67. The molecular weight excluding hydrogens is 392 g/mol. The maximum absolute atomic E-state index is 11.7. The van der Waals surface area contributed by atoms with Crippen LogP contribution >= 0.6 is 0 Å². The number of fused-ring (bicyclic) bond motifs is 1. The van der Waals surface area contributed by atoms with Gasteiger partial charge in [-0.3, -0.25) is 10.1 Å². The Bertz CT molecular complexity index is 1220. The number of nitrogens with zero attached hydrogens (tertiary/aromatic N) is 2. The van der Waals surface area contributed by atoms with Crippen LogP contribution in [-0.2, 0) is 9.53 Å². The summed E-state index contributed by atoms with van der Waals surface area (Å²) in [4.78, 5) is 22.6. The molecule has 6 heteroatoms. The lowest BCUT2D eigenvalue weighted by Crippen LogP contribution is -2.11. The van der Waals surface area contributed by atoms with Crippen LogP contribution in [0.25, 0.3) is 17.0 Å². The monoisotopic (exact) mass is 412 g/mol. The SMILES string of the molecule is COC(=O)/C=C\c1cn(C(c2ccccc2)c2ccccc2)c2ccc([N+](=O)[O-])cc12. The van der Waals surface area contributed by atoms with Crippen LogP contribution in [-0.4, -0.2) is 22.6 Å². The Hall–Kier alpha value is -4.19. The Balaban J connectivity index is 1.97. The van der Waals surface area contributed by atoms with Crippen LogP contribution in [0, 0.1) is 10.1 Å². The molecule has 154 valence electrons. The number of benzene rings is 3. The molecule has 0 aliphatic rings. The van der Waals surface area contributed by atoms with Gasteiger partial charge in [0.25, 0.3) is 5.69 Å². The highest BCUT2D eigenvalue weighted by Crippen LogP contribution is 2.34. The summed E-state index contributed by atoms with van der Waals surface area (Å²) in [5.74, 6) is -0.492. The van der Waals surface area contributed by atoms with Crippen LogP contribution in [0.15, 0.2) is 91.1 Å². The number of nitro groups is 1. The average molecular weight is 412 g/mol. The molecule has 31 heavy (non-hydrogen) atoms. The van der Waals surface area contributed by atoms with Crippen molar-refractivity contribution in [3.8, 4) is 0 Å². The van der Waals surface area contributed by atoms with E-state index in [9.17, 15) is 14.9 Å². The van der Waals surface area contributed by atoms with Gasteiger partial charge in [0.15, 0.2) is 0 Å². The van der Waals surface area contributed by atoms with Crippen LogP contribution < -0.4 is 0 Å². The highest BCUT2D eigenvalue weighted by Gasteiger charge is 2.21. The molecule has 0 amide bonds. The van der Waals surface area contributed by atoms with Crippen molar-refractivity contribution in [3.05, 3.63) is 118 Å². The number of methoxy groups -OCH3 is 1. The Morgan fingerprint density at radius 3 is 2.16 bits per heavy atom. The number of carbonyl (C=O) groups excluding carboxylic acids is 1. The van der Waals surface area contributed by atoms with Crippen LogP contribution in [0.3, 0.4) is 0 Å². The van der Waals surface area contributed by atoms with Gasteiger partial charge in [0.2, 0.25) is 0 Å². The van der Waals surface area contributed by atoms with Crippen molar-refractivity contribution < 1.29 is 14.5 Å². The molecule has 0 radical (unpaired) electrons. The highest BCUT2D eigenvalue weighted by atomic mass is 16.6. The third-order valence-corrected chi connectivity index (χ3v) is 5.17. The first-order valence-corrected chi connectivity index (χ1v) is 9.73. The van der Waals surface area contributed by atoms with Gasteiger partial charge >= 0.3 is 5.97 Å². The smallest absolute Gasteiger partial charge is 0.330 e. The molecule has 0 atom stereocenters. The van der Waals surface area contributed by atoms with E-state index in [4.69, 9.17) is 4.74 Å². The fourth-order valence-electron chi connectivity index (χ4n) is 3.74. The highest BCUT2D eigenvalue weighted by molar-refractivity contribution is 5.95. The topological polar surface area (TPSA) is 74.4 Å². The molecule has 6 nitrogen and oxygen atoms in total. The summed E-state index contributed by atoms with van der Waals surface area (Å²) in [6, 6.07) is 24.7. The molecule has 3 aromatic carbocycles. The Labute approximate surface area is 179 Å². The summed E-state index contributed by atoms with van der Waals surface area (Å²) >= 11 is 0. The quantitative estimate of drug-likeness (QED) is 0.185. The van der Waals surface area contributed by atoms with Crippen molar-refractivity contribution in [1.29, 1.82) is 0 Å². The zero-order valence-electron chi connectivity index (χ0n) is 16.8. The predicted octanol–water partition coefficient (Wildman–Crippen LogP) is 5.37. The van der Waals surface area contributed by atoms with Crippen molar-refractivity contribution in [1.82, 2.24) is 4.57 Å². The van der Waals surface area contributed by atoms with Crippen LogP contribution in [0.2, 0.25) is 0 Å². The van der Waals surface area contributed by atoms with Gasteiger partial charge in [-0.25, -0.2) is 4.79 Å². The van der Waals surface area contributed by atoms with E-state index in [2.05, 4.69) is 28.8 Å². The molecule has 0 aliphatic heterocycles. The van der Waals surface area contributed by atoms with E-state index in [0.717, 1.165) is 16.6 Å². The molecule has 0 bridgehead atoms. The second kappa shape index (κ2) is 8.67. The van der Waals surface area contributed by atoms with E-state index < -0.39 is 10.9 Å². The van der Waals surface area contributed by atoms with Crippen molar-refractivity contribution in [3.63, 3.8) is 0 Å².